The Morgan fingerprint density at radius 3 is 2.22 bits per heavy atom. The van der Waals surface area contributed by atoms with Crippen molar-refractivity contribution in [2.45, 2.75) is 50.2 Å². The van der Waals surface area contributed by atoms with Crippen LogP contribution >= 0.6 is 0 Å². The van der Waals surface area contributed by atoms with Crippen LogP contribution in [0.3, 0.4) is 0 Å². The minimum atomic E-state index is -3.91. The largest absolute Gasteiger partial charge is 0.497 e. The first kappa shape index (κ1) is 30.6. The van der Waals surface area contributed by atoms with Crippen molar-refractivity contribution in [1.29, 1.82) is 0 Å². The lowest BCUT2D eigenvalue weighted by molar-refractivity contribution is 0.0878. The maximum atomic E-state index is 13.5. The molecule has 0 aliphatic carbocycles. The lowest BCUT2D eigenvalue weighted by Crippen LogP contribution is -2.51. The molecule has 0 aliphatic rings. The third kappa shape index (κ3) is 10.3. The Morgan fingerprint density at radius 2 is 1.62 bits per heavy atom. The summed E-state index contributed by atoms with van der Waals surface area (Å²) >= 11 is 0. The summed E-state index contributed by atoms with van der Waals surface area (Å²) in [7, 11) is -0.791. The van der Waals surface area contributed by atoms with Crippen molar-refractivity contribution >= 4 is 16.1 Å². The number of nitrogens with zero attached hydrogens (tertiary/aromatic N) is 1. The number of ether oxygens (including phenoxy) is 3. The summed E-state index contributed by atoms with van der Waals surface area (Å²) in [5.74, 6) is 0.556. The number of hydrogen-bond acceptors (Lipinski definition) is 7. The number of carbonyl (C=O) groups excluding carboxylic acids is 1. The quantitative estimate of drug-likeness (QED) is 0.316. The van der Waals surface area contributed by atoms with E-state index in [1.165, 1.54) is 23.5 Å². The smallest absolute Gasteiger partial charge is 0.407 e. The van der Waals surface area contributed by atoms with Crippen LogP contribution in [0.25, 0.3) is 0 Å². The van der Waals surface area contributed by atoms with Gasteiger partial charge < -0.3 is 24.6 Å². The minimum Gasteiger partial charge on any atom is -0.497 e. The predicted molar refractivity (Wildman–Crippen MR) is 142 cm³/mol. The number of alkyl carbamates (subject to hydrolysis) is 1. The number of unbranched alkanes of at least 4 members (excludes halogenated alkanes) is 1. The predicted octanol–water partition coefficient (Wildman–Crippen LogP) is 3.47. The molecule has 2 atom stereocenters. The fourth-order valence-electron chi connectivity index (χ4n) is 3.77. The first-order valence-electron chi connectivity index (χ1n) is 12.5. The van der Waals surface area contributed by atoms with Crippen LogP contribution in [-0.4, -0.2) is 76.6 Å². The maximum Gasteiger partial charge on any atom is 0.407 e. The molecule has 2 aromatic rings. The van der Waals surface area contributed by atoms with Gasteiger partial charge in [-0.1, -0.05) is 44.2 Å². The molecule has 9 nitrogen and oxygen atoms in total. The Balaban J connectivity index is 2.20. The van der Waals surface area contributed by atoms with Crippen molar-refractivity contribution in [1.82, 2.24) is 9.62 Å². The molecule has 0 radical (unpaired) electrons. The first-order valence-corrected chi connectivity index (χ1v) is 13.9. The second-order valence-electron chi connectivity index (χ2n) is 9.24. The van der Waals surface area contributed by atoms with Gasteiger partial charge in [-0.15, -0.1) is 0 Å². The molecule has 0 spiro atoms. The van der Waals surface area contributed by atoms with Crippen molar-refractivity contribution in [3.63, 3.8) is 0 Å². The van der Waals surface area contributed by atoms with Crippen LogP contribution in [0, 0.1) is 5.92 Å². The monoisotopic (exact) mass is 536 g/mol. The zero-order chi connectivity index (χ0) is 27.3. The van der Waals surface area contributed by atoms with Crippen LogP contribution in [0.2, 0.25) is 0 Å². The van der Waals surface area contributed by atoms with Crippen LogP contribution in [0.5, 0.6) is 5.75 Å². The average Bonchev–Trinajstić information content (AvgIpc) is 2.88. The highest BCUT2D eigenvalue weighted by Crippen LogP contribution is 2.21. The number of methoxy groups -OCH3 is 2. The standard InChI is InChI=1S/C27H40N2O7S/c1-21(2)19-29(37(32,33)24-14-12-23(35-4)13-15-24)20-26(30)25(18-22-10-6-5-7-11-22)28-27(31)36-17-9-8-16-34-3/h5-7,10-15,21,25-26,30H,8-9,16-20H2,1-4H3,(H,28,31)/t25-,26+/m0/s1. The Bertz CT molecular complexity index is 1030. The fourth-order valence-corrected chi connectivity index (χ4v) is 5.39. The number of amides is 1. The van der Waals surface area contributed by atoms with Crippen molar-refractivity contribution in [2.75, 3.05) is 40.5 Å². The van der Waals surface area contributed by atoms with Crippen LogP contribution in [0.1, 0.15) is 32.3 Å². The van der Waals surface area contributed by atoms with E-state index < -0.39 is 28.3 Å². The second kappa shape index (κ2) is 15.6. The summed E-state index contributed by atoms with van der Waals surface area (Å²) in [6, 6.07) is 14.7. The number of aliphatic hydroxyl groups is 1. The van der Waals surface area contributed by atoms with Gasteiger partial charge in [0.1, 0.15) is 5.75 Å². The number of nitrogens with one attached hydrogen (secondary N) is 1. The third-order valence-electron chi connectivity index (χ3n) is 5.70. The van der Waals surface area contributed by atoms with E-state index >= 15 is 0 Å². The zero-order valence-corrected chi connectivity index (χ0v) is 22.9. The molecule has 0 saturated heterocycles. The van der Waals surface area contributed by atoms with E-state index in [0.717, 1.165) is 12.0 Å². The summed E-state index contributed by atoms with van der Waals surface area (Å²) in [6.07, 6.45) is -0.138. The van der Waals surface area contributed by atoms with Gasteiger partial charge in [-0.05, 0) is 55.0 Å². The van der Waals surface area contributed by atoms with Crippen molar-refractivity contribution in [3.05, 3.63) is 60.2 Å². The highest BCUT2D eigenvalue weighted by atomic mass is 32.2. The molecular weight excluding hydrogens is 496 g/mol. The van der Waals surface area contributed by atoms with Crippen molar-refractivity contribution < 1.29 is 32.5 Å². The summed E-state index contributed by atoms with van der Waals surface area (Å²) < 4.78 is 43.6. The number of benzene rings is 2. The first-order chi connectivity index (χ1) is 17.7. The molecule has 0 aliphatic heterocycles. The second-order valence-corrected chi connectivity index (χ2v) is 11.2. The molecule has 2 N–H and O–H groups in total. The van der Waals surface area contributed by atoms with Gasteiger partial charge in [0.15, 0.2) is 0 Å². The molecule has 0 heterocycles. The zero-order valence-electron chi connectivity index (χ0n) is 22.1. The van der Waals surface area contributed by atoms with Crippen LogP contribution in [0.4, 0.5) is 4.79 Å². The van der Waals surface area contributed by atoms with Gasteiger partial charge in [0.2, 0.25) is 10.0 Å². The Hall–Kier alpha value is -2.66. The minimum absolute atomic E-state index is 0.0119. The van der Waals surface area contributed by atoms with Crippen LogP contribution in [-0.2, 0) is 25.9 Å². The molecule has 0 fully saturated rings. The molecule has 10 heteroatoms. The Morgan fingerprint density at radius 1 is 0.973 bits per heavy atom. The van der Waals surface area contributed by atoms with E-state index in [1.807, 2.05) is 44.2 Å². The molecule has 206 valence electrons. The van der Waals surface area contributed by atoms with Crippen molar-refractivity contribution in [2.24, 2.45) is 5.92 Å². The highest BCUT2D eigenvalue weighted by Gasteiger charge is 2.31. The van der Waals surface area contributed by atoms with Crippen LogP contribution in [0.15, 0.2) is 59.5 Å². The van der Waals surface area contributed by atoms with E-state index in [4.69, 9.17) is 14.2 Å². The van der Waals surface area contributed by atoms with Gasteiger partial charge in [0, 0.05) is 26.8 Å². The SMILES string of the molecule is COCCCCOC(=O)N[C@@H](Cc1ccccc1)[C@H](O)CN(CC(C)C)S(=O)(=O)c1ccc(OC)cc1. The van der Waals surface area contributed by atoms with Crippen molar-refractivity contribution in [3.8, 4) is 5.75 Å². The molecule has 37 heavy (non-hydrogen) atoms. The Kier molecular flexibility index (Phi) is 12.9. The summed E-state index contributed by atoms with van der Waals surface area (Å²) in [4.78, 5) is 12.6. The van der Waals surface area contributed by atoms with E-state index in [0.29, 0.717) is 25.2 Å². The fraction of sp³-hybridized carbons (Fsp3) is 0.519. The van der Waals surface area contributed by atoms with E-state index in [1.54, 1.807) is 19.2 Å². The summed E-state index contributed by atoms with van der Waals surface area (Å²) in [6.45, 7) is 4.61. The molecule has 0 unspecified atom stereocenters. The van der Waals surface area contributed by atoms with Gasteiger partial charge in [-0.2, -0.15) is 4.31 Å². The van der Waals surface area contributed by atoms with E-state index in [-0.39, 0.29) is 30.5 Å². The maximum absolute atomic E-state index is 13.5. The lowest BCUT2D eigenvalue weighted by Gasteiger charge is -2.30. The van der Waals surface area contributed by atoms with Gasteiger partial charge in [0.05, 0.1) is 30.8 Å². The van der Waals surface area contributed by atoms with E-state index in [9.17, 15) is 18.3 Å². The van der Waals surface area contributed by atoms with E-state index in [2.05, 4.69) is 5.32 Å². The third-order valence-corrected chi connectivity index (χ3v) is 7.54. The summed E-state index contributed by atoms with van der Waals surface area (Å²) in [5.41, 5.74) is 0.889. The number of rotatable bonds is 16. The van der Waals surface area contributed by atoms with Gasteiger partial charge >= 0.3 is 6.09 Å². The topological polar surface area (TPSA) is 114 Å². The van der Waals surface area contributed by atoms with Gasteiger partial charge in [-0.25, -0.2) is 13.2 Å². The summed E-state index contributed by atoms with van der Waals surface area (Å²) in [5, 5.41) is 14.0. The van der Waals surface area contributed by atoms with Crippen LogP contribution < -0.4 is 10.1 Å². The number of sulfonamides is 1. The highest BCUT2D eigenvalue weighted by molar-refractivity contribution is 7.89. The molecule has 2 aromatic carbocycles. The molecule has 0 bridgehead atoms. The molecule has 0 aromatic heterocycles. The number of hydrogen-bond donors (Lipinski definition) is 2. The molecular formula is C27H40N2O7S. The molecule has 1 amide bonds. The lowest BCUT2D eigenvalue weighted by atomic mass is 10.0. The number of aliphatic hydroxyl groups excluding tert-OH is 1. The van der Waals surface area contributed by atoms with Gasteiger partial charge in [-0.3, -0.25) is 0 Å². The van der Waals surface area contributed by atoms with Gasteiger partial charge in [0.25, 0.3) is 0 Å². The molecule has 2 rings (SSSR count). The normalized spacial score (nSPS) is 13.4. The number of carbonyl (C=O) groups is 1. The molecule has 0 saturated carbocycles. The average molecular weight is 537 g/mol. The Labute approximate surface area is 220 Å².